The highest BCUT2D eigenvalue weighted by Gasteiger charge is 2.07. The summed E-state index contributed by atoms with van der Waals surface area (Å²) in [5, 5.41) is 3.19. The van der Waals surface area contributed by atoms with Crippen LogP contribution in [-0.2, 0) is 11.3 Å². The van der Waals surface area contributed by atoms with Crippen LogP contribution in [0.5, 0.6) is 5.75 Å². The Balaban J connectivity index is 1.99. The molecule has 1 aromatic carbocycles. The molecular weight excluding hydrogens is 268 g/mol. The number of hydrogen-bond donors (Lipinski definition) is 1. The minimum Gasteiger partial charge on any atom is -0.496 e. The summed E-state index contributed by atoms with van der Waals surface area (Å²) in [5.41, 5.74) is 1.48. The van der Waals surface area contributed by atoms with E-state index in [-0.39, 0.29) is 5.97 Å². The molecule has 0 unspecified atom stereocenters. The summed E-state index contributed by atoms with van der Waals surface area (Å²) in [5.74, 6) is 1.16. The Hall–Kier alpha value is -2.56. The Morgan fingerprint density at radius 1 is 1.24 bits per heavy atom. The molecule has 1 aromatic heterocycles. The molecule has 0 spiro atoms. The van der Waals surface area contributed by atoms with E-state index in [1.54, 1.807) is 26.2 Å². The second-order valence-electron chi connectivity index (χ2n) is 4.32. The Kier molecular flexibility index (Phi) is 5.15. The summed E-state index contributed by atoms with van der Waals surface area (Å²) in [6, 6.07) is 11.2. The lowest BCUT2D eigenvalue weighted by molar-refractivity contribution is 0.0526. The second-order valence-corrected chi connectivity index (χ2v) is 4.32. The van der Waals surface area contributed by atoms with Crippen LogP contribution in [0, 0.1) is 0 Å². The first kappa shape index (κ1) is 14.8. The molecule has 0 bridgehead atoms. The largest absolute Gasteiger partial charge is 0.496 e. The first-order valence-corrected chi connectivity index (χ1v) is 6.73. The fraction of sp³-hybridized carbons (Fsp3) is 0.250. The molecule has 2 aromatic rings. The Morgan fingerprint density at radius 3 is 2.71 bits per heavy atom. The lowest BCUT2D eigenvalue weighted by Crippen LogP contribution is -2.07. The van der Waals surface area contributed by atoms with Crippen LogP contribution in [0.1, 0.15) is 22.8 Å². The lowest BCUT2D eigenvalue weighted by atomic mass is 10.2. The van der Waals surface area contributed by atoms with Gasteiger partial charge in [0.25, 0.3) is 0 Å². The zero-order valence-corrected chi connectivity index (χ0v) is 12.1. The van der Waals surface area contributed by atoms with Crippen LogP contribution in [0.3, 0.4) is 0 Å². The van der Waals surface area contributed by atoms with Crippen LogP contribution in [0.4, 0.5) is 5.82 Å². The van der Waals surface area contributed by atoms with Crippen molar-refractivity contribution in [2.45, 2.75) is 13.5 Å². The Labute approximate surface area is 123 Å². The average molecular weight is 286 g/mol. The van der Waals surface area contributed by atoms with Gasteiger partial charge >= 0.3 is 5.97 Å². The van der Waals surface area contributed by atoms with Gasteiger partial charge in [0.05, 0.1) is 19.3 Å². The molecule has 21 heavy (non-hydrogen) atoms. The standard InChI is InChI=1S/C16H18N2O3/c1-3-21-16(19)13-8-9-15(18-11-13)17-10-12-6-4-5-7-14(12)20-2/h4-9,11H,3,10H2,1-2H3,(H,17,18). The molecule has 0 aliphatic rings. The van der Waals surface area contributed by atoms with Gasteiger partial charge in [-0.25, -0.2) is 9.78 Å². The van der Waals surface area contributed by atoms with Gasteiger partial charge in [0.1, 0.15) is 11.6 Å². The summed E-state index contributed by atoms with van der Waals surface area (Å²) in [4.78, 5) is 15.7. The van der Waals surface area contributed by atoms with Crippen molar-refractivity contribution in [3.05, 3.63) is 53.7 Å². The number of rotatable bonds is 6. The van der Waals surface area contributed by atoms with Gasteiger partial charge in [-0.3, -0.25) is 0 Å². The van der Waals surface area contributed by atoms with Crippen molar-refractivity contribution in [2.24, 2.45) is 0 Å². The van der Waals surface area contributed by atoms with Crippen molar-refractivity contribution in [1.82, 2.24) is 4.98 Å². The third kappa shape index (κ3) is 3.95. The molecule has 0 aliphatic heterocycles. The molecule has 1 heterocycles. The fourth-order valence-electron chi connectivity index (χ4n) is 1.87. The van der Waals surface area contributed by atoms with Gasteiger partial charge in [-0.15, -0.1) is 0 Å². The van der Waals surface area contributed by atoms with Crippen LogP contribution >= 0.6 is 0 Å². The lowest BCUT2D eigenvalue weighted by Gasteiger charge is -2.10. The molecule has 0 saturated heterocycles. The number of benzene rings is 1. The molecule has 5 heteroatoms. The Bertz CT molecular complexity index is 597. The van der Waals surface area contributed by atoms with E-state index < -0.39 is 0 Å². The van der Waals surface area contributed by atoms with E-state index in [4.69, 9.17) is 9.47 Å². The highest BCUT2D eigenvalue weighted by Crippen LogP contribution is 2.18. The molecule has 0 amide bonds. The second kappa shape index (κ2) is 7.28. The summed E-state index contributed by atoms with van der Waals surface area (Å²) in [6.07, 6.45) is 1.50. The van der Waals surface area contributed by atoms with Gasteiger partial charge in [-0.1, -0.05) is 18.2 Å². The van der Waals surface area contributed by atoms with Crippen molar-refractivity contribution < 1.29 is 14.3 Å². The van der Waals surface area contributed by atoms with E-state index in [1.807, 2.05) is 24.3 Å². The Morgan fingerprint density at radius 2 is 2.05 bits per heavy atom. The van der Waals surface area contributed by atoms with E-state index in [0.29, 0.717) is 24.5 Å². The van der Waals surface area contributed by atoms with Gasteiger partial charge in [0.15, 0.2) is 0 Å². The SMILES string of the molecule is CCOC(=O)c1ccc(NCc2ccccc2OC)nc1. The van der Waals surface area contributed by atoms with Gasteiger partial charge in [-0.2, -0.15) is 0 Å². The third-order valence-corrected chi connectivity index (χ3v) is 2.93. The number of pyridine rings is 1. The topological polar surface area (TPSA) is 60.5 Å². The number of aromatic nitrogens is 1. The molecular formula is C16H18N2O3. The van der Waals surface area contributed by atoms with E-state index in [9.17, 15) is 4.79 Å². The zero-order chi connectivity index (χ0) is 15.1. The van der Waals surface area contributed by atoms with E-state index in [0.717, 1.165) is 11.3 Å². The quantitative estimate of drug-likeness (QED) is 0.827. The number of anilines is 1. The van der Waals surface area contributed by atoms with Crippen molar-refractivity contribution in [1.29, 1.82) is 0 Å². The van der Waals surface area contributed by atoms with Crippen LogP contribution in [0.2, 0.25) is 0 Å². The predicted octanol–water partition coefficient (Wildman–Crippen LogP) is 2.88. The summed E-state index contributed by atoms with van der Waals surface area (Å²) in [7, 11) is 1.64. The van der Waals surface area contributed by atoms with Crippen molar-refractivity contribution >= 4 is 11.8 Å². The molecule has 0 aliphatic carbocycles. The maximum Gasteiger partial charge on any atom is 0.339 e. The van der Waals surface area contributed by atoms with Gasteiger partial charge < -0.3 is 14.8 Å². The van der Waals surface area contributed by atoms with Crippen LogP contribution in [-0.4, -0.2) is 24.7 Å². The number of hydrogen-bond acceptors (Lipinski definition) is 5. The molecule has 0 atom stereocenters. The number of esters is 1. The van der Waals surface area contributed by atoms with Gasteiger partial charge in [0, 0.05) is 18.3 Å². The molecule has 0 saturated carbocycles. The van der Waals surface area contributed by atoms with Crippen LogP contribution in [0.15, 0.2) is 42.6 Å². The van der Waals surface area contributed by atoms with Gasteiger partial charge in [0.2, 0.25) is 0 Å². The predicted molar refractivity (Wildman–Crippen MR) is 80.5 cm³/mol. The number of nitrogens with zero attached hydrogens (tertiary/aromatic N) is 1. The van der Waals surface area contributed by atoms with E-state index in [2.05, 4.69) is 10.3 Å². The molecule has 0 fully saturated rings. The van der Waals surface area contributed by atoms with Crippen molar-refractivity contribution in [2.75, 3.05) is 19.0 Å². The number of para-hydroxylation sites is 1. The number of carbonyl (C=O) groups excluding carboxylic acids is 1. The highest BCUT2D eigenvalue weighted by atomic mass is 16.5. The zero-order valence-electron chi connectivity index (χ0n) is 12.1. The normalized spacial score (nSPS) is 10.0. The van der Waals surface area contributed by atoms with Crippen LogP contribution < -0.4 is 10.1 Å². The number of nitrogens with one attached hydrogen (secondary N) is 1. The summed E-state index contributed by atoms with van der Waals surface area (Å²) >= 11 is 0. The first-order chi connectivity index (χ1) is 10.2. The van der Waals surface area contributed by atoms with E-state index in [1.165, 1.54) is 6.20 Å². The van der Waals surface area contributed by atoms with E-state index >= 15 is 0 Å². The number of carbonyl (C=O) groups is 1. The maximum absolute atomic E-state index is 11.5. The van der Waals surface area contributed by atoms with Crippen LogP contribution in [0.25, 0.3) is 0 Å². The van der Waals surface area contributed by atoms with Crippen molar-refractivity contribution in [3.63, 3.8) is 0 Å². The highest BCUT2D eigenvalue weighted by molar-refractivity contribution is 5.89. The molecule has 2 rings (SSSR count). The average Bonchev–Trinajstić information content (AvgIpc) is 2.54. The van der Waals surface area contributed by atoms with Gasteiger partial charge in [-0.05, 0) is 25.1 Å². The first-order valence-electron chi connectivity index (χ1n) is 6.73. The number of methoxy groups -OCH3 is 1. The minimum absolute atomic E-state index is 0.354. The molecule has 1 N–H and O–H groups in total. The molecule has 5 nitrogen and oxygen atoms in total. The maximum atomic E-state index is 11.5. The third-order valence-electron chi connectivity index (χ3n) is 2.93. The molecule has 0 radical (unpaired) electrons. The summed E-state index contributed by atoms with van der Waals surface area (Å²) < 4.78 is 10.2. The monoisotopic (exact) mass is 286 g/mol. The fourth-order valence-corrected chi connectivity index (χ4v) is 1.87. The molecule has 110 valence electrons. The summed E-state index contributed by atoms with van der Waals surface area (Å²) in [6.45, 7) is 2.72. The number of ether oxygens (including phenoxy) is 2. The minimum atomic E-state index is -0.360. The smallest absolute Gasteiger partial charge is 0.339 e. The van der Waals surface area contributed by atoms with Crippen molar-refractivity contribution in [3.8, 4) is 5.75 Å².